The minimum absolute atomic E-state index is 0.0315. The lowest BCUT2D eigenvalue weighted by molar-refractivity contribution is 0.550. The summed E-state index contributed by atoms with van der Waals surface area (Å²) in [5, 5.41) is 0.0315. The molecule has 19 heavy (non-hydrogen) atoms. The maximum atomic E-state index is 11.9. The van der Waals surface area contributed by atoms with Gasteiger partial charge in [-0.1, -0.05) is 46.0 Å². The number of benzene rings is 1. The van der Waals surface area contributed by atoms with E-state index in [4.69, 9.17) is 12.2 Å². The maximum Gasteiger partial charge on any atom is 0.153 e. The summed E-state index contributed by atoms with van der Waals surface area (Å²) >= 11 is 10.4. The van der Waals surface area contributed by atoms with Gasteiger partial charge in [0.15, 0.2) is 9.84 Å². The molecule has 3 nitrogen and oxygen atoms in total. The molecule has 0 N–H and O–H groups in total. The van der Waals surface area contributed by atoms with Gasteiger partial charge in [-0.05, 0) is 25.1 Å². The Morgan fingerprint density at radius 3 is 2.95 bits per heavy atom. The minimum Gasteiger partial charge on any atom is -0.319 e. The lowest BCUT2D eigenvalue weighted by Crippen LogP contribution is -2.49. The van der Waals surface area contributed by atoms with Crippen LogP contribution in [0.5, 0.6) is 0 Å². The van der Waals surface area contributed by atoms with Crippen molar-refractivity contribution in [2.75, 3.05) is 16.4 Å². The third-order valence-corrected chi connectivity index (χ3v) is 8.00. The van der Waals surface area contributed by atoms with Crippen molar-refractivity contribution < 1.29 is 8.42 Å². The SMILES string of the molecule is C[C@]12CS(=O)(=O)C[C@H]1SC(=S)N2c1cccc(Br)c1. The molecule has 0 amide bonds. The lowest BCUT2D eigenvalue weighted by Gasteiger charge is -2.34. The highest BCUT2D eigenvalue weighted by Gasteiger charge is 2.57. The van der Waals surface area contributed by atoms with Crippen LogP contribution in [0.2, 0.25) is 0 Å². The van der Waals surface area contributed by atoms with Crippen LogP contribution in [0.3, 0.4) is 0 Å². The fourth-order valence-corrected chi connectivity index (χ4v) is 8.09. The van der Waals surface area contributed by atoms with Crippen molar-refractivity contribution in [1.82, 2.24) is 0 Å². The lowest BCUT2D eigenvalue weighted by atomic mass is 9.99. The molecule has 0 unspecified atom stereocenters. The number of hydrogen-bond acceptors (Lipinski definition) is 4. The highest BCUT2D eigenvalue weighted by Crippen LogP contribution is 2.48. The van der Waals surface area contributed by atoms with Crippen LogP contribution in [0.4, 0.5) is 5.69 Å². The average Bonchev–Trinajstić information content (AvgIpc) is 2.60. The zero-order valence-electron chi connectivity index (χ0n) is 10.2. The number of fused-ring (bicyclic) bond motifs is 1. The second-order valence-corrected chi connectivity index (χ2v) is 9.96. The number of sulfone groups is 1. The normalized spacial score (nSPS) is 32.6. The Balaban J connectivity index is 2.08. The fraction of sp³-hybridized carbons (Fsp3) is 0.417. The number of thioether (sulfide) groups is 1. The summed E-state index contributed by atoms with van der Waals surface area (Å²) < 4.78 is 25.5. The number of thiocarbonyl (C=S) groups is 1. The quantitative estimate of drug-likeness (QED) is 0.703. The molecule has 0 aromatic heterocycles. The van der Waals surface area contributed by atoms with E-state index >= 15 is 0 Å². The van der Waals surface area contributed by atoms with Crippen molar-refractivity contribution in [3.63, 3.8) is 0 Å². The first-order chi connectivity index (χ1) is 8.82. The molecule has 1 aromatic carbocycles. The number of rotatable bonds is 1. The van der Waals surface area contributed by atoms with E-state index in [1.165, 1.54) is 11.8 Å². The molecule has 0 saturated carbocycles. The maximum absolute atomic E-state index is 11.9. The Morgan fingerprint density at radius 2 is 2.26 bits per heavy atom. The third-order valence-electron chi connectivity index (χ3n) is 3.61. The molecule has 7 heteroatoms. The summed E-state index contributed by atoms with van der Waals surface area (Å²) in [5.41, 5.74) is 0.524. The van der Waals surface area contributed by atoms with Crippen molar-refractivity contribution in [2.45, 2.75) is 17.7 Å². The van der Waals surface area contributed by atoms with Crippen LogP contribution in [0, 0.1) is 0 Å². The van der Waals surface area contributed by atoms with Crippen LogP contribution in [0.15, 0.2) is 28.7 Å². The molecular formula is C12H12BrNO2S3. The van der Waals surface area contributed by atoms with Crippen LogP contribution in [-0.4, -0.2) is 35.0 Å². The standard InChI is InChI=1S/C12H12BrNO2S3/c1-12-7-19(15,16)6-10(12)18-11(17)14(12)9-4-2-3-8(13)5-9/h2-5,10H,6-7H2,1H3/t10-,12+/m1/s1. The van der Waals surface area contributed by atoms with Gasteiger partial charge in [-0.3, -0.25) is 0 Å². The van der Waals surface area contributed by atoms with Gasteiger partial charge >= 0.3 is 0 Å². The smallest absolute Gasteiger partial charge is 0.153 e. The molecule has 2 aliphatic heterocycles. The number of hydrogen-bond donors (Lipinski definition) is 0. The largest absolute Gasteiger partial charge is 0.319 e. The van der Waals surface area contributed by atoms with E-state index in [0.717, 1.165) is 14.5 Å². The van der Waals surface area contributed by atoms with E-state index in [2.05, 4.69) is 15.9 Å². The number of halogens is 1. The molecule has 0 spiro atoms. The molecule has 2 fully saturated rings. The van der Waals surface area contributed by atoms with Crippen LogP contribution in [0.1, 0.15) is 6.92 Å². The van der Waals surface area contributed by atoms with Gasteiger partial charge in [0.1, 0.15) is 4.32 Å². The van der Waals surface area contributed by atoms with Gasteiger partial charge in [0, 0.05) is 10.2 Å². The molecule has 2 atom stereocenters. The highest BCUT2D eigenvalue weighted by atomic mass is 79.9. The van der Waals surface area contributed by atoms with Crippen LogP contribution in [-0.2, 0) is 9.84 Å². The molecule has 102 valence electrons. The first-order valence-corrected chi connectivity index (χ1v) is 9.69. The van der Waals surface area contributed by atoms with Gasteiger partial charge in [0.2, 0.25) is 0 Å². The zero-order valence-corrected chi connectivity index (χ0v) is 14.2. The predicted octanol–water partition coefficient (Wildman–Crippen LogP) is 2.84. The topological polar surface area (TPSA) is 37.4 Å². The Bertz CT molecular complexity index is 661. The number of anilines is 1. The van der Waals surface area contributed by atoms with E-state index in [1.54, 1.807) is 0 Å². The van der Waals surface area contributed by atoms with E-state index in [9.17, 15) is 8.42 Å². The summed E-state index contributed by atoms with van der Waals surface area (Å²) in [5.74, 6) is 0.392. The summed E-state index contributed by atoms with van der Waals surface area (Å²) in [6.45, 7) is 2.00. The zero-order chi connectivity index (χ0) is 13.8. The summed E-state index contributed by atoms with van der Waals surface area (Å²) in [7, 11) is -2.97. The van der Waals surface area contributed by atoms with E-state index in [1.807, 2.05) is 36.1 Å². The third kappa shape index (κ3) is 2.24. The summed E-state index contributed by atoms with van der Waals surface area (Å²) in [4.78, 5) is 2.01. The first-order valence-electron chi connectivity index (χ1n) is 5.79. The Kier molecular flexibility index (Phi) is 3.24. The molecular weight excluding hydrogens is 366 g/mol. The van der Waals surface area contributed by atoms with E-state index in [0.29, 0.717) is 0 Å². The molecule has 2 aliphatic rings. The summed E-state index contributed by atoms with van der Waals surface area (Å²) in [6.07, 6.45) is 0. The Labute approximate surface area is 130 Å². The molecule has 2 saturated heterocycles. The predicted molar refractivity (Wildman–Crippen MR) is 87.7 cm³/mol. The number of nitrogens with zero attached hydrogens (tertiary/aromatic N) is 1. The van der Waals surface area contributed by atoms with Crippen molar-refractivity contribution in [3.8, 4) is 0 Å². The van der Waals surface area contributed by atoms with Crippen molar-refractivity contribution in [3.05, 3.63) is 28.7 Å². The van der Waals surface area contributed by atoms with Gasteiger partial charge in [0.25, 0.3) is 0 Å². The van der Waals surface area contributed by atoms with E-state index < -0.39 is 15.4 Å². The second-order valence-electron chi connectivity index (χ2n) is 5.10. The molecule has 3 rings (SSSR count). The molecule has 2 heterocycles. The minimum atomic E-state index is -2.97. The average molecular weight is 378 g/mol. The summed E-state index contributed by atoms with van der Waals surface area (Å²) in [6, 6.07) is 7.83. The molecule has 0 bridgehead atoms. The van der Waals surface area contributed by atoms with Crippen molar-refractivity contribution in [2.24, 2.45) is 0 Å². The second kappa shape index (κ2) is 4.44. The van der Waals surface area contributed by atoms with Crippen molar-refractivity contribution in [1.29, 1.82) is 0 Å². The first kappa shape index (κ1) is 13.9. The molecule has 0 aliphatic carbocycles. The van der Waals surface area contributed by atoms with Gasteiger partial charge in [-0.15, -0.1) is 0 Å². The van der Waals surface area contributed by atoms with Gasteiger partial charge in [-0.2, -0.15) is 0 Å². The van der Waals surface area contributed by atoms with Crippen molar-refractivity contribution >= 4 is 59.8 Å². The fourth-order valence-electron chi connectivity index (χ4n) is 2.78. The van der Waals surface area contributed by atoms with Crippen LogP contribution >= 0.6 is 39.9 Å². The van der Waals surface area contributed by atoms with Gasteiger partial charge in [-0.25, -0.2) is 8.42 Å². The van der Waals surface area contributed by atoms with Gasteiger partial charge in [0.05, 0.1) is 22.3 Å². The van der Waals surface area contributed by atoms with Crippen LogP contribution < -0.4 is 4.90 Å². The monoisotopic (exact) mass is 377 g/mol. The highest BCUT2D eigenvalue weighted by molar-refractivity contribution is 9.10. The molecule has 1 aromatic rings. The van der Waals surface area contributed by atoms with Gasteiger partial charge < -0.3 is 4.90 Å². The Hall–Kier alpha value is -0.110. The molecule has 0 radical (unpaired) electrons. The van der Waals surface area contributed by atoms with Crippen LogP contribution in [0.25, 0.3) is 0 Å². The van der Waals surface area contributed by atoms with E-state index in [-0.39, 0.29) is 16.8 Å². The Morgan fingerprint density at radius 1 is 1.53 bits per heavy atom.